The molecular weight excluding hydrogens is 290 g/mol. The smallest absolute Gasteiger partial charge is 0.0547 e. The van der Waals surface area contributed by atoms with Gasteiger partial charge in [0.05, 0.1) is 11.0 Å². The first kappa shape index (κ1) is 14.5. The van der Waals surface area contributed by atoms with E-state index < -0.39 is 0 Å². The van der Waals surface area contributed by atoms with Crippen molar-refractivity contribution < 1.29 is 0 Å². The van der Waals surface area contributed by atoms with Gasteiger partial charge in [-0.2, -0.15) is 0 Å². The maximum atomic E-state index is 3.94. The number of para-hydroxylation sites is 2. The van der Waals surface area contributed by atoms with Gasteiger partial charge in [-0.05, 0) is 42.3 Å². The topological polar surface area (TPSA) is 4.93 Å². The number of fused-ring (bicyclic) bond motifs is 3. The molecule has 0 atom stereocenters. The van der Waals surface area contributed by atoms with E-state index in [0.29, 0.717) is 0 Å². The first-order chi connectivity index (χ1) is 11.8. The van der Waals surface area contributed by atoms with Crippen LogP contribution in [0.5, 0.6) is 0 Å². The zero-order valence-electron chi connectivity index (χ0n) is 13.7. The molecule has 0 aliphatic rings. The van der Waals surface area contributed by atoms with Crippen molar-refractivity contribution in [2.75, 3.05) is 0 Å². The van der Waals surface area contributed by atoms with E-state index in [9.17, 15) is 0 Å². The largest absolute Gasteiger partial charge is 0.309 e. The van der Waals surface area contributed by atoms with E-state index in [1.165, 1.54) is 33.1 Å². The predicted molar refractivity (Wildman–Crippen MR) is 105 cm³/mol. The van der Waals surface area contributed by atoms with Gasteiger partial charge in [0.15, 0.2) is 0 Å². The van der Waals surface area contributed by atoms with Gasteiger partial charge >= 0.3 is 0 Å². The highest BCUT2D eigenvalue weighted by Crippen LogP contribution is 2.33. The maximum absolute atomic E-state index is 3.94. The molecule has 1 heteroatoms. The summed E-state index contributed by atoms with van der Waals surface area (Å²) in [5.74, 6) is 0. The summed E-state index contributed by atoms with van der Waals surface area (Å²) in [5.41, 5.74) is 5.99. The lowest BCUT2D eigenvalue weighted by molar-refractivity contribution is 1.18. The molecule has 0 saturated carbocycles. The molecule has 0 fully saturated rings. The third-order valence-electron chi connectivity index (χ3n) is 4.55. The Labute approximate surface area is 142 Å². The Bertz CT molecular complexity index is 1070. The molecule has 1 aromatic heterocycles. The zero-order chi connectivity index (χ0) is 16.5. The fraction of sp³-hybridized carbons (Fsp3) is 0.0435. The van der Waals surface area contributed by atoms with E-state index in [4.69, 9.17) is 0 Å². The van der Waals surface area contributed by atoms with Gasteiger partial charge in [0.1, 0.15) is 0 Å². The summed E-state index contributed by atoms with van der Waals surface area (Å²) in [6.07, 6.45) is 4.01. The zero-order valence-corrected chi connectivity index (χ0v) is 13.7. The summed E-state index contributed by atoms with van der Waals surface area (Å²) in [6, 6.07) is 25.8. The van der Waals surface area contributed by atoms with Crippen LogP contribution in [0.15, 0.2) is 91.5 Å². The minimum Gasteiger partial charge on any atom is -0.309 e. The molecule has 3 aromatic carbocycles. The van der Waals surface area contributed by atoms with Crippen molar-refractivity contribution in [1.29, 1.82) is 0 Å². The Morgan fingerprint density at radius 3 is 2.29 bits per heavy atom. The van der Waals surface area contributed by atoms with E-state index >= 15 is 0 Å². The Kier molecular flexibility index (Phi) is 3.55. The van der Waals surface area contributed by atoms with Gasteiger partial charge in [-0.15, -0.1) is 0 Å². The second kappa shape index (κ2) is 5.86. The highest BCUT2D eigenvalue weighted by atomic mass is 15.0. The quantitative estimate of drug-likeness (QED) is 0.387. The molecule has 0 aliphatic carbocycles. The van der Waals surface area contributed by atoms with E-state index in [1.807, 2.05) is 13.0 Å². The van der Waals surface area contributed by atoms with Crippen LogP contribution in [-0.4, -0.2) is 4.57 Å². The van der Waals surface area contributed by atoms with Gasteiger partial charge in [0.2, 0.25) is 0 Å². The molecule has 4 aromatic rings. The van der Waals surface area contributed by atoms with Crippen molar-refractivity contribution in [3.05, 3.63) is 97.1 Å². The van der Waals surface area contributed by atoms with Crippen LogP contribution in [-0.2, 0) is 0 Å². The number of hydrogen-bond donors (Lipinski definition) is 0. The molecule has 0 unspecified atom stereocenters. The molecule has 0 radical (unpaired) electrons. The van der Waals surface area contributed by atoms with Gasteiger partial charge in [0, 0.05) is 16.5 Å². The van der Waals surface area contributed by atoms with Gasteiger partial charge in [-0.3, -0.25) is 0 Å². The van der Waals surface area contributed by atoms with Crippen LogP contribution >= 0.6 is 0 Å². The van der Waals surface area contributed by atoms with E-state index in [2.05, 4.69) is 90.0 Å². The van der Waals surface area contributed by atoms with Gasteiger partial charge < -0.3 is 4.57 Å². The van der Waals surface area contributed by atoms with Crippen molar-refractivity contribution in [1.82, 2.24) is 4.57 Å². The van der Waals surface area contributed by atoms with Gasteiger partial charge in [-0.25, -0.2) is 0 Å². The molecule has 1 nitrogen and oxygen atoms in total. The third-order valence-corrected chi connectivity index (χ3v) is 4.55. The lowest BCUT2D eigenvalue weighted by atomic mass is 10.0. The number of allylic oxidation sites excluding steroid dienone is 3. The normalized spacial score (nSPS) is 12.0. The lowest BCUT2D eigenvalue weighted by Crippen LogP contribution is -1.93. The summed E-state index contributed by atoms with van der Waals surface area (Å²) in [7, 11) is 0. The highest BCUT2D eigenvalue weighted by molar-refractivity contribution is 6.10. The van der Waals surface area contributed by atoms with Crippen molar-refractivity contribution in [2.45, 2.75) is 6.92 Å². The fourth-order valence-electron chi connectivity index (χ4n) is 3.41. The molecule has 24 heavy (non-hydrogen) atoms. The summed E-state index contributed by atoms with van der Waals surface area (Å²) >= 11 is 0. The molecule has 0 spiro atoms. The predicted octanol–water partition coefficient (Wildman–Crippen LogP) is 6.37. The minimum atomic E-state index is 1.15. The van der Waals surface area contributed by atoms with Crippen molar-refractivity contribution in [2.24, 2.45) is 0 Å². The molecule has 0 N–H and O–H groups in total. The Morgan fingerprint density at radius 2 is 1.54 bits per heavy atom. The van der Waals surface area contributed by atoms with E-state index in [-0.39, 0.29) is 0 Å². The molecule has 0 aliphatic heterocycles. The van der Waals surface area contributed by atoms with Crippen LogP contribution in [0.1, 0.15) is 12.5 Å². The van der Waals surface area contributed by atoms with Gasteiger partial charge in [0.25, 0.3) is 0 Å². The summed E-state index contributed by atoms with van der Waals surface area (Å²) in [5, 5.41) is 2.56. The van der Waals surface area contributed by atoms with Crippen molar-refractivity contribution >= 4 is 27.4 Å². The van der Waals surface area contributed by atoms with Crippen LogP contribution in [0.4, 0.5) is 0 Å². The van der Waals surface area contributed by atoms with Crippen LogP contribution in [0.25, 0.3) is 33.1 Å². The van der Waals surface area contributed by atoms with Crippen LogP contribution in [0.3, 0.4) is 0 Å². The summed E-state index contributed by atoms with van der Waals surface area (Å²) in [4.78, 5) is 0. The highest BCUT2D eigenvalue weighted by Gasteiger charge is 2.12. The maximum Gasteiger partial charge on any atom is 0.0547 e. The Morgan fingerprint density at radius 1 is 0.833 bits per heavy atom. The number of benzene rings is 3. The number of rotatable bonds is 3. The number of aromatic nitrogens is 1. The standard InChI is InChI=1S/C23H19N/c1-3-17(4-2)18-14-15-21-20-12-8-9-13-22(20)24(23(21)16-18)19-10-6-5-7-11-19/h3-16H,1H2,2H3. The molecule has 0 amide bonds. The van der Waals surface area contributed by atoms with Crippen LogP contribution < -0.4 is 0 Å². The molecule has 116 valence electrons. The molecule has 1 heterocycles. The fourth-order valence-corrected chi connectivity index (χ4v) is 3.41. The second-order valence-electron chi connectivity index (χ2n) is 5.87. The SMILES string of the molecule is C=CC(=CC)c1ccc2c3ccccc3n(-c3ccccc3)c2c1. The average molecular weight is 309 g/mol. The minimum absolute atomic E-state index is 1.15. The van der Waals surface area contributed by atoms with Gasteiger partial charge in [-0.1, -0.05) is 67.3 Å². The first-order valence-electron chi connectivity index (χ1n) is 8.21. The lowest BCUT2D eigenvalue weighted by Gasteiger charge is -2.09. The monoisotopic (exact) mass is 309 g/mol. The van der Waals surface area contributed by atoms with Crippen molar-refractivity contribution in [3.63, 3.8) is 0 Å². The van der Waals surface area contributed by atoms with Crippen LogP contribution in [0.2, 0.25) is 0 Å². The number of nitrogens with zero attached hydrogens (tertiary/aromatic N) is 1. The first-order valence-corrected chi connectivity index (χ1v) is 8.21. The molecular formula is C23H19N. The molecule has 4 rings (SSSR count). The molecule has 0 saturated heterocycles. The number of hydrogen-bond acceptors (Lipinski definition) is 0. The summed E-state index contributed by atoms with van der Waals surface area (Å²) in [6.45, 7) is 5.99. The average Bonchev–Trinajstić information content (AvgIpc) is 2.97. The second-order valence-corrected chi connectivity index (χ2v) is 5.87. The Hall–Kier alpha value is -3.06. The van der Waals surface area contributed by atoms with E-state index in [0.717, 1.165) is 5.57 Å². The van der Waals surface area contributed by atoms with Crippen LogP contribution in [0, 0.1) is 0 Å². The van der Waals surface area contributed by atoms with Crippen molar-refractivity contribution in [3.8, 4) is 5.69 Å². The Balaban J connectivity index is 2.13. The molecule has 0 bridgehead atoms. The van der Waals surface area contributed by atoms with E-state index in [1.54, 1.807) is 0 Å². The summed E-state index contributed by atoms with van der Waals surface area (Å²) < 4.78 is 2.34. The third kappa shape index (κ3) is 2.17.